The molecular weight excluding hydrogens is 256 g/mol. The SMILES string of the molecule is C#CC#CCC(=O)N[C@H](C(=O)OC)C(C)(C)NCl. The molecule has 0 saturated heterocycles. The molecule has 2 N–H and O–H groups in total. The Hall–Kier alpha value is -1.69. The van der Waals surface area contributed by atoms with Crippen LogP contribution in [0.1, 0.15) is 20.3 Å². The molecule has 0 radical (unpaired) electrons. The molecule has 0 aromatic rings. The highest BCUT2D eigenvalue weighted by Crippen LogP contribution is 2.12. The van der Waals surface area contributed by atoms with Gasteiger partial charge in [0.1, 0.15) is 6.04 Å². The van der Waals surface area contributed by atoms with Crippen molar-refractivity contribution in [1.82, 2.24) is 10.2 Å². The third kappa shape index (κ3) is 5.09. The van der Waals surface area contributed by atoms with E-state index in [9.17, 15) is 9.59 Å². The van der Waals surface area contributed by atoms with Crippen LogP contribution < -0.4 is 10.2 Å². The summed E-state index contributed by atoms with van der Waals surface area (Å²) in [6.07, 6.45) is 4.82. The average Bonchev–Trinajstić information content (AvgIpc) is 2.35. The van der Waals surface area contributed by atoms with E-state index in [0.29, 0.717) is 0 Å². The lowest BCUT2D eigenvalue weighted by Crippen LogP contribution is -2.59. The molecule has 0 saturated carbocycles. The standard InChI is InChI=1S/C12H15ClN2O3/c1-5-6-7-8-9(16)14-10(11(17)18-4)12(2,3)15-13/h1,10,15H,8H2,2-4H3,(H,14,16)/t10-/m1/s1. The maximum absolute atomic E-state index is 11.6. The lowest BCUT2D eigenvalue weighted by atomic mass is 9.96. The number of hydrogen-bond acceptors (Lipinski definition) is 4. The van der Waals surface area contributed by atoms with Gasteiger partial charge in [-0.25, -0.2) is 9.63 Å². The van der Waals surface area contributed by atoms with Gasteiger partial charge in [0.25, 0.3) is 0 Å². The van der Waals surface area contributed by atoms with Gasteiger partial charge in [-0.2, -0.15) is 0 Å². The number of esters is 1. The number of terminal acetylenes is 1. The molecule has 0 aromatic carbocycles. The molecule has 0 bridgehead atoms. The maximum atomic E-state index is 11.6. The average molecular weight is 271 g/mol. The quantitative estimate of drug-likeness (QED) is 0.425. The van der Waals surface area contributed by atoms with Crippen LogP contribution in [0.25, 0.3) is 0 Å². The molecular formula is C12H15ClN2O3. The predicted molar refractivity (Wildman–Crippen MR) is 68.2 cm³/mol. The minimum absolute atomic E-state index is 0.101. The van der Waals surface area contributed by atoms with Gasteiger partial charge in [-0.3, -0.25) is 4.79 Å². The van der Waals surface area contributed by atoms with E-state index in [4.69, 9.17) is 18.2 Å². The Morgan fingerprint density at radius 1 is 1.50 bits per heavy atom. The summed E-state index contributed by atoms with van der Waals surface area (Å²) >= 11 is 5.54. The summed E-state index contributed by atoms with van der Waals surface area (Å²) in [6.45, 7) is 3.30. The minimum atomic E-state index is -0.930. The molecule has 5 nitrogen and oxygen atoms in total. The summed E-state index contributed by atoms with van der Waals surface area (Å²) < 4.78 is 4.61. The van der Waals surface area contributed by atoms with E-state index in [1.165, 1.54) is 7.11 Å². The second-order valence-electron chi connectivity index (χ2n) is 3.96. The number of carbonyl (C=O) groups is 2. The lowest BCUT2D eigenvalue weighted by Gasteiger charge is -2.31. The van der Waals surface area contributed by atoms with Crippen LogP contribution in [0, 0.1) is 24.2 Å². The van der Waals surface area contributed by atoms with Gasteiger partial charge in [-0.15, -0.1) is 6.42 Å². The second kappa shape index (κ2) is 7.60. The van der Waals surface area contributed by atoms with Gasteiger partial charge >= 0.3 is 5.97 Å². The van der Waals surface area contributed by atoms with Crippen molar-refractivity contribution in [3.8, 4) is 24.2 Å². The van der Waals surface area contributed by atoms with Crippen molar-refractivity contribution in [2.45, 2.75) is 31.8 Å². The number of nitrogens with one attached hydrogen (secondary N) is 2. The molecule has 0 aliphatic carbocycles. The molecule has 0 heterocycles. The Kier molecular flexibility index (Phi) is 6.89. The third-order valence-corrected chi connectivity index (χ3v) is 2.60. The zero-order valence-corrected chi connectivity index (χ0v) is 11.2. The molecule has 0 aliphatic heterocycles. The Morgan fingerprint density at radius 2 is 2.11 bits per heavy atom. The highest BCUT2D eigenvalue weighted by atomic mass is 35.5. The van der Waals surface area contributed by atoms with Crippen molar-refractivity contribution in [3.63, 3.8) is 0 Å². The summed E-state index contributed by atoms with van der Waals surface area (Å²) in [7, 11) is 1.23. The summed E-state index contributed by atoms with van der Waals surface area (Å²) in [4.78, 5) is 25.5. The Morgan fingerprint density at radius 3 is 2.56 bits per heavy atom. The molecule has 0 unspecified atom stereocenters. The topological polar surface area (TPSA) is 67.4 Å². The van der Waals surface area contributed by atoms with Crippen molar-refractivity contribution in [3.05, 3.63) is 0 Å². The predicted octanol–water partition coefficient (Wildman–Crippen LogP) is 0.193. The van der Waals surface area contributed by atoms with Crippen LogP contribution in [-0.2, 0) is 14.3 Å². The van der Waals surface area contributed by atoms with Crippen LogP contribution in [0.4, 0.5) is 0 Å². The van der Waals surface area contributed by atoms with E-state index in [0.717, 1.165) is 0 Å². The summed E-state index contributed by atoms with van der Waals surface area (Å²) in [6, 6.07) is -0.930. The molecule has 0 aliphatic rings. The van der Waals surface area contributed by atoms with Gasteiger partial charge in [0.15, 0.2) is 0 Å². The first-order valence-corrected chi connectivity index (χ1v) is 5.45. The Bertz CT molecular complexity index is 415. The van der Waals surface area contributed by atoms with E-state index >= 15 is 0 Å². The second-order valence-corrected chi connectivity index (χ2v) is 4.15. The lowest BCUT2D eigenvalue weighted by molar-refractivity contribution is -0.146. The van der Waals surface area contributed by atoms with E-state index in [1.54, 1.807) is 13.8 Å². The molecule has 0 rings (SSSR count). The molecule has 0 spiro atoms. The number of hydrogen-bond donors (Lipinski definition) is 2. The van der Waals surface area contributed by atoms with Crippen molar-refractivity contribution in [2.75, 3.05) is 7.11 Å². The van der Waals surface area contributed by atoms with Gasteiger partial charge in [-0.1, -0.05) is 5.92 Å². The van der Waals surface area contributed by atoms with E-state index < -0.39 is 23.5 Å². The highest BCUT2D eigenvalue weighted by Gasteiger charge is 2.36. The Balaban J connectivity index is 4.77. The zero-order chi connectivity index (χ0) is 14.2. The largest absolute Gasteiger partial charge is 0.467 e. The molecule has 1 atom stereocenters. The zero-order valence-electron chi connectivity index (χ0n) is 10.5. The maximum Gasteiger partial charge on any atom is 0.330 e. The van der Waals surface area contributed by atoms with Crippen LogP contribution in [0.2, 0.25) is 0 Å². The van der Waals surface area contributed by atoms with E-state index in [-0.39, 0.29) is 6.42 Å². The van der Waals surface area contributed by atoms with Gasteiger partial charge in [0, 0.05) is 0 Å². The number of rotatable bonds is 5. The molecule has 0 aromatic heterocycles. The van der Waals surface area contributed by atoms with Crippen molar-refractivity contribution < 1.29 is 14.3 Å². The van der Waals surface area contributed by atoms with E-state index in [1.807, 2.05) is 0 Å². The number of methoxy groups -OCH3 is 1. The summed E-state index contributed by atoms with van der Waals surface area (Å²) in [5.41, 5.74) is -0.871. The van der Waals surface area contributed by atoms with Gasteiger partial charge in [-0.05, 0) is 37.5 Å². The first-order valence-electron chi connectivity index (χ1n) is 5.07. The third-order valence-electron chi connectivity index (χ3n) is 2.12. The minimum Gasteiger partial charge on any atom is -0.467 e. The normalized spacial score (nSPS) is 11.5. The van der Waals surface area contributed by atoms with Crippen LogP contribution in [-0.4, -0.2) is 30.6 Å². The first-order chi connectivity index (χ1) is 8.38. The fourth-order valence-corrected chi connectivity index (χ4v) is 1.20. The van der Waals surface area contributed by atoms with Crippen LogP contribution in [0.5, 0.6) is 0 Å². The molecule has 6 heteroatoms. The fraction of sp³-hybridized carbons (Fsp3) is 0.500. The highest BCUT2D eigenvalue weighted by molar-refractivity contribution is 6.14. The van der Waals surface area contributed by atoms with Crippen molar-refractivity contribution in [2.24, 2.45) is 0 Å². The monoisotopic (exact) mass is 270 g/mol. The number of halogens is 1. The van der Waals surface area contributed by atoms with Crippen molar-refractivity contribution >= 4 is 23.7 Å². The van der Waals surface area contributed by atoms with Gasteiger partial charge in [0.2, 0.25) is 5.91 Å². The van der Waals surface area contributed by atoms with E-state index in [2.05, 4.69) is 32.7 Å². The number of amides is 1. The fourth-order valence-electron chi connectivity index (χ4n) is 1.09. The number of carbonyl (C=O) groups excluding carboxylic acids is 2. The van der Waals surface area contributed by atoms with Gasteiger partial charge in [0.05, 0.1) is 19.1 Å². The van der Waals surface area contributed by atoms with Crippen LogP contribution in [0.15, 0.2) is 0 Å². The first kappa shape index (κ1) is 16.3. The summed E-state index contributed by atoms with van der Waals surface area (Å²) in [5, 5.41) is 2.49. The van der Waals surface area contributed by atoms with Crippen LogP contribution >= 0.6 is 11.8 Å². The number of ether oxygens (including phenoxy) is 1. The molecule has 1 amide bonds. The van der Waals surface area contributed by atoms with Gasteiger partial charge < -0.3 is 10.1 Å². The summed E-state index contributed by atoms with van der Waals surface area (Å²) in [5.74, 6) is 5.81. The Labute approximate surface area is 112 Å². The van der Waals surface area contributed by atoms with Crippen LogP contribution in [0.3, 0.4) is 0 Å². The molecule has 98 valence electrons. The molecule has 18 heavy (non-hydrogen) atoms. The van der Waals surface area contributed by atoms with Crippen molar-refractivity contribution in [1.29, 1.82) is 0 Å². The smallest absolute Gasteiger partial charge is 0.330 e. The molecule has 0 fully saturated rings.